The Balaban J connectivity index is 2.11. The van der Waals surface area contributed by atoms with Crippen molar-refractivity contribution in [2.45, 2.75) is 52.0 Å². The second-order valence-corrected chi connectivity index (χ2v) is 6.19. The SMILES string of the molecule is CCCNc1ccncc1C(=O)N(C)C1CCCC(C)C1. The summed E-state index contributed by atoms with van der Waals surface area (Å²) in [5, 5.41) is 3.32. The maximum absolute atomic E-state index is 12.8. The predicted molar refractivity (Wildman–Crippen MR) is 86.5 cm³/mol. The van der Waals surface area contributed by atoms with Crippen LogP contribution in [0.2, 0.25) is 0 Å². The maximum atomic E-state index is 12.8. The lowest BCUT2D eigenvalue weighted by atomic mass is 9.86. The van der Waals surface area contributed by atoms with E-state index in [4.69, 9.17) is 0 Å². The van der Waals surface area contributed by atoms with Crippen LogP contribution in [0.25, 0.3) is 0 Å². The lowest BCUT2D eigenvalue weighted by Gasteiger charge is -2.34. The smallest absolute Gasteiger partial charge is 0.257 e. The molecule has 1 fully saturated rings. The Morgan fingerprint density at radius 1 is 1.48 bits per heavy atom. The van der Waals surface area contributed by atoms with Gasteiger partial charge in [0.25, 0.3) is 5.91 Å². The number of hydrogen-bond donors (Lipinski definition) is 1. The van der Waals surface area contributed by atoms with Gasteiger partial charge in [0.2, 0.25) is 0 Å². The van der Waals surface area contributed by atoms with Crippen LogP contribution in [0.1, 0.15) is 56.3 Å². The molecule has 4 nitrogen and oxygen atoms in total. The minimum Gasteiger partial charge on any atom is -0.384 e. The van der Waals surface area contributed by atoms with E-state index in [1.165, 1.54) is 12.8 Å². The summed E-state index contributed by atoms with van der Waals surface area (Å²) in [6, 6.07) is 2.25. The second-order valence-electron chi connectivity index (χ2n) is 6.19. The minimum absolute atomic E-state index is 0.0841. The van der Waals surface area contributed by atoms with Crippen molar-refractivity contribution in [3.05, 3.63) is 24.0 Å². The molecule has 4 heteroatoms. The van der Waals surface area contributed by atoms with Crippen molar-refractivity contribution in [2.24, 2.45) is 5.92 Å². The largest absolute Gasteiger partial charge is 0.384 e. The van der Waals surface area contributed by atoms with E-state index in [1.807, 2.05) is 18.0 Å². The monoisotopic (exact) mass is 289 g/mol. The summed E-state index contributed by atoms with van der Waals surface area (Å²) in [5.41, 5.74) is 1.58. The van der Waals surface area contributed by atoms with Gasteiger partial charge in [0.1, 0.15) is 0 Å². The van der Waals surface area contributed by atoms with Crippen molar-refractivity contribution >= 4 is 11.6 Å². The molecule has 1 amide bonds. The number of nitrogens with zero attached hydrogens (tertiary/aromatic N) is 2. The van der Waals surface area contributed by atoms with Gasteiger partial charge >= 0.3 is 0 Å². The number of anilines is 1. The fourth-order valence-electron chi connectivity index (χ4n) is 3.09. The third-order valence-electron chi connectivity index (χ3n) is 4.39. The molecule has 1 aromatic heterocycles. The molecule has 0 spiro atoms. The molecule has 1 aliphatic rings. The topological polar surface area (TPSA) is 45.2 Å². The van der Waals surface area contributed by atoms with E-state index in [9.17, 15) is 4.79 Å². The molecule has 0 saturated heterocycles. The first-order chi connectivity index (χ1) is 10.1. The molecule has 1 saturated carbocycles. The summed E-state index contributed by atoms with van der Waals surface area (Å²) in [7, 11) is 1.93. The van der Waals surface area contributed by atoms with Gasteiger partial charge in [-0.3, -0.25) is 9.78 Å². The molecule has 2 unspecified atom stereocenters. The maximum Gasteiger partial charge on any atom is 0.257 e. The van der Waals surface area contributed by atoms with Gasteiger partial charge in [-0.15, -0.1) is 0 Å². The Labute approximate surface area is 127 Å². The third kappa shape index (κ3) is 3.96. The Bertz CT molecular complexity index is 475. The highest BCUT2D eigenvalue weighted by Crippen LogP contribution is 2.28. The minimum atomic E-state index is 0.0841. The molecule has 0 aromatic carbocycles. The molecule has 1 heterocycles. The number of pyridine rings is 1. The Morgan fingerprint density at radius 3 is 3.00 bits per heavy atom. The van der Waals surface area contributed by atoms with Gasteiger partial charge in [-0.25, -0.2) is 0 Å². The van der Waals surface area contributed by atoms with Crippen molar-refractivity contribution in [3.8, 4) is 0 Å². The van der Waals surface area contributed by atoms with Crippen molar-refractivity contribution in [1.29, 1.82) is 0 Å². The fraction of sp³-hybridized carbons (Fsp3) is 0.647. The van der Waals surface area contributed by atoms with E-state index < -0.39 is 0 Å². The quantitative estimate of drug-likeness (QED) is 0.901. The van der Waals surface area contributed by atoms with Crippen molar-refractivity contribution in [3.63, 3.8) is 0 Å². The van der Waals surface area contributed by atoms with E-state index in [2.05, 4.69) is 24.1 Å². The normalized spacial score (nSPS) is 21.9. The summed E-state index contributed by atoms with van der Waals surface area (Å²) in [6.07, 6.45) is 9.18. The first-order valence-electron chi connectivity index (χ1n) is 8.08. The van der Waals surface area contributed by atoms with Crippen molar-refractivity contribution < 1.29 is 4.79 Å². The van der Waals surface area contributed by atoms with E-state index in [0.29, 0.717) is 17.5 Å². The Kier molecular flexibility index (Phi) is 5.59. The van der Waals surface area contributed by atoms with E-state index in [0.717, 1.165) is 31.5 Å². The van der Waals surface area contributed by atoms with Gasteiger partial charge in [-0.05, 0) is 31.2 Å². The lowest BCUT2D eigenvalue weighted by Crippen LogP contribution is -2.40. The van der Waals surface area contributed by atoms with Gasteiger partial charge in [-0.2, -0.15) is 0 Å². The van der Waals surface area contributed by atoms with Gasteiger partial charge < -0.3 is 10.2 Å². The number of carbonyl (C=O) groups excluding carboxylic acids is 1. The van der Waals surface area contributed by atoms with Gasteiger partial charge in [-0.1, -0.05) is 26.7 Å². The molecular weight excluding hydrogens is 262 g/mol. The molecule has 2 rings (SSSR count). The molecule has 116 valence electrons. The van der Waals surface area contributed by atoms with Crippen LogP contribution in [0.15, 0.2) is 18.5 Å². The predicted octanol–water partition coefficient (Wildman–Crippen LogP) is 3.55. The first-order valence-corrected chi connectivity index (χ1v) is 8.08. The Morgan fingerprint density at radius 2 is 2.29 bits per heavy atom. The number of hydrogen-bond acceptors (Lipinski definition) is 3. The molecule has 1 N–H and O–H groups in total. The second kappa shape index (κ2) is 7.43. The zero-order valence-electron chi connectivity index (χ0n) is 13.4. The summed E-state index contributed by atoms with van der Waals surface area (Å²) in [4.78, 5) is 18.8. The third-order valence-corrected chi connectivity index (χ3v) is 4.39. The summed E-state index contributed by atoms with van der Waals surface area (Å²) in [6.45, 7) is 5.27. The number of nitrogens with one attached hydrogen (secondary N) is 1. The highest BCUT2D eigenvalue weighted by atomic mass is 16.2. The van der Waals surface area contributed by atoms with Gasteiger partial charge in [0.05, 0.1) is 11.3 Å². The van der Waals surface area contributed by atoms with Crippen LogP contribution in [0.4, 0.5) is 5.69 Å². The average Bonchev–Trinajstić information content (AvgIpc) is 2.51. The fourth-order valence-corrected chi connectivity index (χ4v) is 3.09. The number of rotatable bonds is 5. The molecule has 2 atom stereocenters. The van der Waals surface area contributed by atoms with E-state index >= 15 is 0 Å². The van der Waals surface area contributed by atoms with Crippen LogP contribution in [0.3, 0.4) is 0 Å². The molecular formula is C17H27N3O. The summed E-state index contributed by atoms with van der Waals surface area (Å²) < 4.78 is 0. The van der Waals surface area contributed by atoms with Crippen LogP contribution in [-0.4, -0.2) is 35.4 Å². The standard InChI is InChI=1S/C17H27N3O/c1-4-9-19-16-8-10-18-12-15(16)17(21)20(3)14-7-5-6-13(2)11-14/h8,10,12-14H,4-7,9,11H2,1-3H3,(H,18,19). The van der Waals surface area contributed by atoms with E-state index in [-0.39, 0.29) is 5.91 Å². The molecule has 0 radical (unpaired) electrons. The zero-order chi connectivity index (χ0) is 15.2. The van der Waals surface area contributed by atoms with Gasteiger partial charge in [0.15, 0.2) is 0 Å². The highest BCUT2D eigenvalue weighted by molar-refractivity contribution is 5.99. The van der Waals surface area contributed by atoms with Crippen LogP contribution in [0.5, 0.6) is 0 Å². The van der Waals surface area contributed by atoms with Gasteiger partial charge in [0, 0.05) is 32.0 Å². The summed E-state index contributed by atoms with van der Waals surface area (Å²) in [5.74, 6) is 0.798. The van der Waals surface area contributed by atoms with Crippen LogP contribution < -0.4 is 5.32 Å². The number of amides is 1. The number of carbonyl (C=O) groups is 1. The molecule has 0 aliphatic heterocycles. The molecule has 1 aliphatic carbocycles. The molecule has 1 aromatic rings. The zero-order valence-corrected chi connectivity index (χ0v) is 13.4. The molecule has 21 heavy (non-hydrogen) atoms. The van der Waals surface area contributed by atoms with Crippen molar-refractivity contribution in [2.75, 3.05) is 18.9 Å². The Hall–Kier alpha value is -1.58. The average molecular weight is 289 g/mol. The summed E-state index contributed by atoms with van der Waals surface area (Å²) >= 11 is 0. The van der Waals surface area contributed by atoms with Crippen LogP contribution >= 0.6 is 0 Å². The van der Waals surface area contributed by atoms with E-state index in [1.54, 1.807) is 12.4 Å². The van der Waals surface area contributed by atoms with Crippen LogP contribution in [-0.2, 0) is 0 Å². The molecule has 0 bridgehead atoms. The number of aromatic nitrogens is 1. The van der Waals surface area contributed by atoms with Crippen LogP contribution in [0, 0.1) is 5.92 Å². The lowest BCUT2D eigenvalue weighted by molar-refractivity contribution is 0.0673. The highest BCUT2D eigenvalue weighted by Gasteiger charge is 2.27. The van der Waals surface area contributed by atoms with Crippen molar-refractivity contribution in [1.82, 2.24) is 9.88 Å². The first kappa shape index (κ1) is 15.8.